The third-order valence-corrected chi connectivity index (χ3v) is 6.72. The lowest BCUT2D eigenvalue weighted by molar-refractivity contribution is -0.123. The number of carbonyl (C=O) groups is 2. The van der Waals surface area contributed by atoms with Gasteiger partial charge in [0.25, 0.3) is 0 Å². The summed E-state index contributed by atoms with van der Waals surface area (Å²) in [6.45, 7) is 9.44. The molecule has 0 spiro atoms. The highest BCUT2D eigenvalue weighted by atomic mass is 16.5. The number of ether oxygens (including phenoxy) is 1. The van der Waals surface area contributed by atoms with Crippen molar-refractivity contribution in [3.05, 3.63) is 78.4 Å². The molecule has 44 heavy (non-hydrogen) atoms. The normalized spacial score (nSPS) is 11.8. The Morgan fingerprint density at radius 3 is 1.66 bits per heavy atom. The summed E-state index contributed by atoms with van der Waals surface area (Å²) in [4.78, 5) is 28.5. The predicted octanol–water partition coefficient (Wildman–Crippen LogP) is 7.90. The monoisotopic (exact) mass is 594 g/mol. The Balaban J connectivity index is 0.000000343. The van der Waals surface area contributed by atoms with Gasteiger partial charge in [0.05, 0.1) is 7.11 Å². The molecule has 9 heteroatoms. The second-order valence-corrected chi connectivity index (χ2v) is 10.4. The molecule has 0 radical (unpaired) electrons. The Morgan fingerprint density at radius 2 is 1.30 bits per heavy atom. The van der Waals surface area contributed by atoms with Crippen LogP contribution in [0, 0.1) is 12.8 Å². The Hall–Kier alpha value is -4.92. The number of methoxy groups -OCH3 is 1. The molecule has 0 saturated heterocycles. The van der Waals surface area contributed by atoms with E-state index in [-0.39, 0.29) is 0 Å². The summed E-state index contributed by atoms with van der Waals surface area (Å²) in [5.41, 5.74) is 4.92. The fourth-order valence-electron chi connectivity index (χ4n) is 4.11. The first kappa shape index (κ1) is 33.6. The van der Waals surface area contributed by atoms with E-state index in [0.29, 0.717) is 29.2 Å². The Kier molecular flexibility index (Phi) is 13.2. The van der Waals surface area contributed by atoms with Gasteiger partial charge in [0.2, 0.25) is 0 Å². The van der Waals surface area contributed by atoms with E-state index in [0.717, 1.165) is 53.0 Å². The number of aromatic amines is 2. The zero-order chi connectivity index (χ0) is 31.9. The Labute approximate surface area is 259 Å². The van der Waals surface area contributed by atoms with Crippen LogP contribution in [0.5, 0.6) is 5.75 Å². The van der Waals surface area contributed by atoms with Crippen molar-refractivity contribution < 1.29 is 14.3 Å². The highest BCUT2D eigenvalue weighted by molar-refractivity contribution is 5.78. The third-order valence-electron chi connectivity index (χ3n) is 6.72. The van der Waals surface area contributed by atoms with Gasteiger partial charge in [0.15, 0.2) is 23.3 Å². The molecular formula is C35H42N6O3. The standard InChI is InChI=1S/C24H20N6O.C6H10O.C3H8.C2H4O/c1-15-6-8-16(9-7-15)21-25-23(29-27-21)18-4-3-5-19(14-18)24-26-22(28-30-24)17-10-12-20(31-2)13-11-17;1-5(7)6-3-2-4-6;1-3-2;1-2-3/h3-14H,1-2H3,(H,25,27,29)(H,26,28,30);6H,2-4H2,1H3;3H2,1-2H3;2H,1H3. The highest BCUT2D eigenvalue weighted by Gasteiger charge is 2.20. The summed E-state index contributed by atoms with van der Waals surface area (Å²) >= 11 is 0. The molecular weight excluding hydrogens is 552 g/mol. The number of hydrogen-bond acceptors (Lipinski definition) is 7. The van der Waals surface area contributed by atoms with Crippen LogP contribution >= 0.6 is 0 Å². The van der Waals surface area contributed by atoms with Crippen LogP contribution in [0.4, 0.5) is 0 Å². The molecule has 1 aliphatic rings. The van der Waals surface area contributed by atoms with Crippen molar-refractivity contribution in [3.8, 4) is 51.3 Å². The number of H-pyrrole nitrogens is 2. The second-order valence-electron chi connectivity index (χ2n) is 10.4. The third kappa shape index (κ3) is 9.55. The number of aldehydes is 1. The lowest BCUT2D eigenvalue weighted by Crippen LogP contribution is -2.18. The molecule has 1 fully saturated rings. The minimum absolute atomic E-state index is 0.381. The average Bonchev–Trinajstić information content (AvgIpc) is 3.69. The number of nitrogens with one attached hydrogen (secondary N) is 2. The van der Waals surface area contributed by atoms with Crippen molar-refractivity contribution in [1.82, 2.24) is 30.4 Å². The molecule has 1 aliphatic carbocycles. The number of Topliss-reactive ketones (excluding diaryl/α,β-unsaturated/α-hetero) is 1. The van der Waals surface area contributed by atoms with Crippen LogP contribution in [-0.2, 0) is 9.59 Å². The van der Waals surface area contributed by atoms with Crippen molar-refractivity contribution in [1.29, 1.82) is 0 Å². The largest absolute Gasteiger partial charge is 0.497 e. The summed E-state index contributed by atoms with van der Waals surface area (Å²) in [5, 5.41) is 14.8. The van der Waals surface area contributed by atoms with Crippen molar-refractivity contribution >= 4 is 12.1 Å². The van der Waals surface area contributed by atoms with Gasteiger partial charge in [0.1, 0.15) is 17.8 Å². The zero-order valence-electron chi connectivity index (χ0n) is 26.4. The molecule has 2 N–H and O–H groups in total. The van der Waals surface area contributed by atoms with E-state index >= 15 is 0 Å². The first-order valence-electron chi connectivity index (χ1n) is 14.9. The van der Waals surface area contributed by atoms with E-state index in [1.165, 1.54) is 25.3 Å². The number of benzene rings is 3. The van der Waals surface area contributed by atoms with Gasteiger partial charge < -0.3 is 9.53 Å². The molecule has 0 unspecified atom stereocenters. The van der Waals surface area contributed by atoms with Crippen LogP contribution in [0.25, 0.3) is 45.6 Å². The summed E-state index contributed by atoms with van der Waals surface area (Å²) in [6.07, 6.45) is 5.56. The van der Waals surface area contributed by atoms with Crippen molar-refractivity contribution in [2.75, 3.05) is 7.11 Å². The van der Waals surface area contributed by atoms with Gasteiger partial charge >= 0.3 is 0 Å². The van der Waals surface area contributed by atoms with Crippen LogP contribution in [-0.4, -0.2) is 49.5 Å². The summed E-state index contributed by atoms with van der Waals surface area (Å²) in [5.74, 6) is 4.30. The fraction of sp³-hybridized carbons (Fsp3) is 0.314. The lowest BCUT2D eigenvalue weighted by atomic mass is 9.83. The maximum absolute atomic E-state index is 10.4. The number of nitrogens with zero attached hydrogens (tertiary/aromatic N) is 4. The number of aryl methyl sites for hydroxylation is 1. The quantitative estimate of drug-likeness (QED) is 0.191. The molecule has 3 aromatic carbocycles. The van der Waals surface area contributed by atoms with Crippen LogP contribution in [0.2, 0.25) is 0 Å². The molecule has 0 bridgehead atoms. The van der Waals surface area contributed by atoms with Gasteiger partial charge in [-0.25, -0.2) is 9.97 Å². The number of rotatable bonds is 6. The SMILES string of the molecule is CC(=O)C1CCC1.CC=O.CCC.COc1ccc(-c2nc(-c3cccc(-c4n[nH]c(-c5ccc(C)cc5)n4)c3)n[nH]2)cc1. The van der Waals surface area contributed by atoms with E-state index in [4.69, 9.17) is 9.53 Å². The van der Waals surface area contributed by atoms with E-state index < -0.39 is 0 Å². The number of carbonyl (C=O) groups excluding carboxylic acids is 2. The van der Waals surface area contributed by atoms with E-state index in [9.17, 15) is 4.79 Å². The van der Waals surface area contributed by atoms with Gasteiger partial charge in [-0.05, 0) is 63.9 Å². The maximum atomic E-state index is 10.4. The number of ketones is 1. The van der Waals surface area contributed by atoms with E-state index in [1.54, 1.807) is 14.0 Å². The van der Waals surface area contributed by atoms with Crippen LogP contribution < -0.4 is 4.74 Å². The minimum Gasteiger partial charge on any atom is -0.497 e. The molecule has 2 aromatic heterocycles. The molecule has 5 aromatic rings. The average molecular weight is 595 g/mol. The van der Waals surface area contributed by atoms with Gasteiger partial charge in [-0.1, -0.05) is 74.7 Å². The van der Waals surface area contributed by atoms with E-state index in [2.05, 4.69) is 63.3 Å². The van der Waals surface area contributed by atoms with Crippen molar-refractivity contribution in [3.63, 3.8) is 0 Å². The van der Waals surface area contributed by atoms with Crippen molar-refractivity contribution in [2.45, 2.75) is 60.3 Å². The number of hydrogen-bond donors (Lipinski definition) is 2. The fourth-order valence-corrected chi connectivity index (χ4v) is 4.11. The zero-order valence-corrected chi connectivity index (χ0v) is 26.4. The first-order valence-corrected chi connectivity index (χ1v) is 14.9. The highest BCUT2D eigenvalue weighted by Crippen LogP contribution is 2.27. The molecule has 0 atom stereocenters. The maximum Gasteiger partial charge on any atom is 0.181 e. The van der Waals surface area contributed by atoms with Crippen molar-refractivity contribution in [2.24, 2.45) is 5.92 Å². The molecule has 230 valence electrons. The molecule has 1 saturated carbocycles. The summed E-state index contributed by atoms with van der Waals surface area (Å²) in [6, 6.07) is 23.7. The smallest absolute Gasteiger partial charge is 0.181 e. The van der Waals surface area contributed by atoms with Gasteiger partial charge in [-0.15, -0.1) is 0 Å². The molecule has 0 amide bonds. The summed E-state index contributed by atoms with van der Waals surface area (Å²) in [7, 11) is 1.65. The molecule has 9 nitrogen and oxygen atoms in total. The first-order chi connectivity index (χ1) is 21.3. The predicted molar refractivity (Wildman–Crippen MR) is 175 cm³/mol. The molecule has 6 rings (SSSR count). The Morgan fingerprint density at radius 1 is 0.841 bits per heavy atom. The van der Waals surface area contributed by atoms with Crippen LogP contribution in [0.15, 0.2) is 72.8 Å². The van der Waals surface area contributed by atoms with Crippen LogP contribution in [0.1, 0.15) is 58.9 Å². The topological polar surface area (TPSA) is 127 Å². The van der Waals surface area contributed by atoms with Gasteiger partial charge in [-0.3, -0.25) is 15.0 Å². The van der Waals surface area contributed by atoms with Crippen LogP contribution in [0.3, 0.4) is 0 Å². The minimum atomic E-state index is 0.381. The molecule has 2 heterocycles. The number of aromatic nitrogens is 6. The van der Waals surface area contributed by atoms with Gasteiger partial charge in [-0.2, -0.15) is 10.2 Å². The Bertz CT molecular complexity index is 1590. The van der Waals surface area contributed by atoms with Gasteiger partial charge in [0, 0.05) is 28.2 Å². The van der Waals surface area contributed by atoms with E-state index in [1.807, 2.05) is 60.7 Å². The molecule has 0 aliphatic heterocycles. The second kappa shape index (κ2) is 17.3. The summed E-state index contributed by atoms with van der Waals surface area (Å²) < 4.78 is 5.21. The lowest BCUT2D eigenvalue weighted by Gasteiger charge is -2.21.